The van der Waals surface area contributed by atoms with Gasteiger partial charge in [0.15, 0.2) is 0 Å². The lowest BCUT2D eigenvalue weighted by molar-refractivity contribution is -0.148. The minimum atomic E-state index is -0.740. The van der Waals surface area contributed by atoms with E-state index in [0.717, 1.165) is 25.7 Å². The van der Waals surface area contributed by atoms with E-state index >= 15 is 0 Å². The number of fused-ring (bicyclic) bond motifs is 2. The van der Waals surface area contributed by atoms with E-state index in [2.05, 4.69) is 15.6 Å². The van der Waals surface area contributed by atoms with Gasteiger partial charge in [-0.1, -0.05) is 12.8 Å². The van der Waals surface area contributed by atoms with Gasteiger partial charge in [0, 0.05) is 44.6 Å². The Morgan fingerprint density at radius 2 is 2.03 bits per heavy atom. The fourth-order valence-electron chi connectivity index (χ4n) is 5.76. The molecular formula is C23H31N5O4. The van der Waals surface area contributed by atoms with Crippen LogP contribution in [0.2, 0.25) is 0 Å². The average molecular weight is 442 g/mol. The van der Waals surface area contributed by atoms with E-state index in [9.17, 15) is 19.5 Å². The number of nitrogens with one attached hydrogen (secondary N) is 2. The Hall–Kier alpha value is -2.68. The van der Waals surface area contributed by atoms with Gasteiger partial charge in [0.1, 0.15) is 11.5 Å². The molecule has 1 spiro atoms. The van der Waals surface area contributed by atoms with Gasteiger partial charge in [0.05, 0.1) is 17.7 Å². The first-order valence-corrected chi connectivity index (χ1v) is 11.7. The topological polar surface area (TPSA) is 115 Å². The van der Waals surface area contributed by atoms with Crippen LogP contribution in [0.1, 0.15) is 61.7 Å². The lowest BCUT2D eigenvalue weighted by atomic mass is 9.71. The minimum absolute atomic E-state index is 0.0445. The maximum atomic E-state index is 13.0. The van der Waals surface area contributed by atoms with Gasteiger partial charge in [0.2, 0.25) is 11.8 Å². The van der Waals surface area contributed by atoms with E-state index < -0.39 is 11.3 Å². The van der Waals surface area contributed by atoms with E-state index in [1.807, 2.05) is 4.90 Å². The van der Waals surface area contributed by atoms with Crippen LogP contribution in [0.25, 0.3) is 0 Å². The van der Waals surface area contributed by atoms with Crippen molar-refractivity contribution >= 4 is 23.5 Å². The molecule has 5 rings (SSSR count). The van der Waals surface area contributed by atoms with Crippen molar-refractivity contribution in [2.75, 3.05) is 31.5 Å². The van der Waals surface area contributed by atoms with Crippen molar-refractivity contribution in [2.24, 2.45) is 5.92 Å². The van der Waals surface area contributed by atoms with E-state index in [1.165, 1.54) is 0 Å². The third kappa shape index (κ3) is 3.83. The highest BCUT2D eigenvalue weighted by Crippen LogP contribution is 2.40. The quantitative estimate of drug-likeness (QED) is 0.633. The second-order valence-corrected chi connectivity index (χ2v) is 9.76. The van der Waals surface area contributed by atoms with Gasteiger partial charge in [-0.2, -0.15) is 0 Å². The first-order valence-electron chi connectivity index (χ1n) is 11.7. The number of anilines is 1. The van der Waals surface area contributed by atoms with Gasteiger partial charge in [-0.3, -0.25) is 14.4 Å². The summed E-state index contributed by atoms with van der Waals surface area (Å²) in [6, 6.07) is 3.44. The zero-order valence-electron chi connectivity index (χ0n) is 18.3. The molecule has 3 N–H and O–H groups in total. The van der Waals surface area contributed by atoms with Crippen LogP contribution in [0.4, 0.5) is 5.82 Å². The number of pyridine rings is 1. The highest BCUT2D eigenvalue weighted by molar-refractivity contribution is 6.01. The third-order valence-corrected chi connectivity index (χ3v) is 7.80. The SMILES string of the molecule is O=C1NC2(CCC(=O)N(CC(=O)N3CCC4(O)CCCCC4C3)CC2)Nc2ncccc21. The summed E-state index contributed by atoms with van der Waals surface area (Å²) < 4.78 is 0. The monoisotopic (exact) mass is 441 g/mol. The molecule has 1 aliphatic carbocycles. The molecule has 0 bridgehead atoms. The highest BCUT2D eigenvalue weighted by Gasteiger charge is 2.45. The molecule has 0 aromatic carbocycles. The summed E-state index contributed by atoms with van der Waals surface area (Å²) >= 11 is 0. The third-order valence-electron chi connectivity index (χ3n) is 7.80. The Bertz CT molecular complexity index is 939. The maximum absolute atomic E-state index is 13.0. The molecule has 4 aliphatic rings. The smallest absolute Gasteiger partial charge is 0.256 e. The number of nitrogens with zero attached hydrogens (tertiary/aromatic N) is 3. The molecule has 3 aliphatic heterocycles. The molecule has 172 valence electrons. The van der Waals surface area contributed by atoms with Gasteiger partial charge >= 0.3 is 0 Å². The van der Waals surface area contributed by atoms with Gasteiger partial charge in [-0.15, -0.1) is 0 Å². The molecule has 9 nitrogen and oxygen atoms in total. The fraction of sp³-hybridized carbons (Fsp3) is 0.652. The van der Waals surface area contributed by atoms with Gasteiger partial charge in [-0.05, 0) is 37.8 Å². The largest absolute Gasteiger partial charge is 0.389 e. The number of hydrogen-bond acceptors (Lipinski definition) is 6. The molecule has 0 radical (unpaired) electrons. The van der Waals surface area contributed by atoms with Crippen molar-refractivity contribution in [3.8, 4) is 0 Å². The number of amides is 3. The number of carbonyl (C=O) groups excluding carboxylic acids is 3. The molecule has 1 saturated carbocycles. The molecule has 3 atom stereocenters. The molecule has 1 aromatic rings. The van der Waals surface area contributed by atoms with Crippen LogP contribution < -0.4 is 10.6 Å². The van der Waals surface area contributed by atoms with Crippen molar-refractivity contribution < 1.29 is 19.5 Å². The molecule has 3 amide bonds. The van der Waals surface area contributed by atoms with Crippen molar-refractivity contribution in [1.29, 1.82) is 0 Å². The Labute approximate surface area is 187 Å². The Morgan fingerprint density at radius 1 is 1.16 bits per heavy atom. The molecule has 4 heterocycles. The molecule has 32 heavy (non-hydrogen) atoms. The number of hydrogen-bond donors (Lipinski definition) is 3. The summed E-state index contributed by atoms with van der Waals surface area (Å²) in [4.78, 5) is 46.2. The standard InChI is InChI=1S/C23H31N5O4/c29-18-6-8-23(25-20-17(21(31)26-23)5-3-11-24-20)10-13-28(18)15-19(30)27-12-9-22(32)7-2-1-4-16(22)14-27/h3,5,11,16,32H,1-2,4,6-10,12-15H2,(H,24,25)(H,26,31). The summed E-state index contributed by atoms with van der Waals surface area (Å²) in [5.74, 6) is 0.323. The van der Waals surface area contributed by atoms with Crippen molar-refractivity contribution in [3.05, 3.63) is 23.9 Å². The van der Waals surface area contributed by atoms with Crippen molar-refractivity contribution in [3.63, 3.8) is 0 Å². The predicted octanol–water partition coefficient (Wildman–Crippen LogP) is 1.10. The number of aliphatic hydroxyl groups is 1. The first-order chi connectivity index (χ1) is 15.4. The number of carbonyl (C=O) groups is 3. The van der Waals surface area contributed by atoms with Gasteiger partial charge in [0.25, 0.3) is 5.91 Å². The van der Waals surface area contributed by atoms with Crippen LogP contribution >= 0.6 is 0 Å². The van der Waals surface area contributed by atoms with Crippen LogP contribution in [-0.2, 0) is 9.59 Å². The summed E-state index contributed by atoms with van der Waals surface area (Å²) in [5, 5.41) is 17.2. The average Bonchev–Trinajstić information content (AvgIpc) is 2.93. The van der Waals surface area contributed by atoms with Crippen LogP contribution in [0.15, 0.2) is 18.3 Å². The minimum Gasteiger partial charge on any atom is -0.389 e. The Balaban J connectivity index is 1.23. The maximum Gasteiger partial charge on any atom is 0.256 e. The second kappa shape index (κ2) is 8.03. The zero-order chi connectivity index (χ0) is 22.3. The molecular weight excluding hydrogens is 410 g/mol. The Morgan fingerprint density at radius 3 is 2.91 bits per heavy atom. The number of aromatic nitrogens is 1. The number of piperidine rings is 1. The molecule has 9 heteroatoms. The van der Waals surface area contributed by atoms with Crippen LogP contribution in [0.3, 0.4) is 0 Å². The van der Waals surface area contributed by atoms with E-state index in [4.69, 9.17) is 0 Å². The van der Waals surface area contributed by atoms with Crippen molar-refractivity contribution in [1.82, 2.24) is 20.1 Å². The van der Waals surface area contributed by atoms with Crippen LogP contribution in [0, 0.1) is 5.92 Å². The van der Waals surface area contributed by atoms with E-state index in [1.54, 1.807) is 23.2 Å². The summed E-state index contributed by atoms with van der Waals surface area (Å²) in [7, 11) is 0. The fourth-order valence-corrected chi connectivity index (χ4v) is 5.76. The zero-order valence-corrected chi connectivity index (χ0v) is 18.3. The normalized spacial score (nSPS) is 32.5. The summed E-state index contributed by atoms with van der Waals surface area (Å²) in [5.41, 5.74) is -0.876. The second-order valence-electron chi connectivity index (χ2n) is 9.76. The van der Waals surface area contributed by atoms with Gasteiger partial charge < -0.3 is 25.5 Å². The van der Waals surface area contributed by atoms with E-state index in [-0.39, 0.29) is 36.6 Å². The lowest BCUT2D eigenvalue weighted by Gasteiger charge is -2.47. The first kappa shape index (κ1) is 21.2. The molecule has 3 unspecified atom stereocenters. The predicted molar refractivity (Wildman–Crippen MR) is 117 cm³/mol. The van der Waals surface area contributed by atoms with Crippen LogP contribution in [-0.4, -0.2) is 75.1 Å². The van der Waals surface area contributed by atoms with E-state index in [0.29, 0.717) is 50.3 Å². The number of rotatable bonds is 2. The van der Waals surface area contributed by atoms with Gasteiger partial charge in [-0.25, -0.2) is 4.98 Å². The van der Waals surface area contributed by atoms with Crippen LogP contribution in [0.5, 0.6) is 0 Å². The highest BCUT2D eigenvalue weighted by atomic mass is 16.3. The molecule has 2 saturated heterocycles. The summed E-state index contributed by atoms with van der Waals surface area (Å²) in [6.07, 6.45) is 7.35. The lowest BCUT2D eigenvalue weighted by Crippen LogP contribution is -2.58. The van der Waals surface area contributed by atoms with Crippen molar-refractivity contribution in [2.45, 2.75) is 62.6 Å². The molecule has 1 aromatic heterocycles. The number of likely N-dealkylation sites (tertiary alicyclic amines) is 2. The summed E-state index contributed by atoms with van der Waals surface area (Å²) in [6.45, 7) is 1.53. The molecule has 3 fully saturated rings. The Kier molecular flexibility index (Phi) is 5.31.